The third-order valence-electron chi connectivity index (χ3n) is 5.04. The van der Waals surface area contributed by atoms with Crippen molar-refractivity contribution in [2.24, 2.45) is 5.92 Å². The molecule has 1 amide bonds. The van der Waals surface area contributed by atoms with Gasteiger partial charge in [-0.3, -0.25) is 4.79 Å². The summed E-state index contributed by atoms with van der Waals surface area (Å²) in [7, 11) is 1.95. The van der Waals surface area contributed by atoms with Crippen LogP contribution in [0.15, 0.2) is 36.7 Å². The van der Waals surface area contributed by atoms with Crippen molar-refractivity contribution < 1.29 is 14.3 Å². The maximum atomic E-state index is 11.0. The van der Waals surface area contributed by atoms with Crippen LogP contribution in [0, 0.1) is 5.92 Å². The average molecular weight is 433 g/mol. The first-order chi connectivity index (χ1) is 14.4. The average Bonchev–Trinajstić information content (AvgIpc) is 2.67. The van der Waals surface area contributed by atoms with Crippen LogP contribution in [0.5, 0.6) is 5.88 Å². The number of hydrogen-bond acceptors (Lipinski definition) is 6. The standard InChI is InChI=1S/C22H29ClN4O3/c1-15(26-16(2)28)12-29-19-9-18(10-19)13-30-22-20(23)21(24-14-25-22)27(3)11-17-7-5-4-6-8-17/h4-8,14-15,18-19H,9-13H2,1-3H3,(H,26,28)/t15-,18-,19-/m0/s1. The number of nitrogens with zero attached hydrogens (tertiary/aromatic N) is 3. The van der Waals surface area contributed by atoms with Crippen molar-refractivity contribution >= 4 is 23.3 Å². The van der Waals surface area contributed by atoms with E-state index in [1.54, 1.807) is 0 Å². The summed E-state index contributed by atoms with van der Waals surface area (Å²) in [4.78, 5) is 21.5. The molecular weight excluding hydrogens is 404 g/mol. The summed E-state index contributed by atoms with van der Waals surface area (Å²) in [5.41, 5.74) is 1.17. The Morgan fingerprint density at radius 1 is 1.30 bits per heavy atom. The van der Waals surface area contributed by atoms with Crippen LogP contribution in [0.1, 0.15) is 32.3 Å². The molecule has 1 N–H and O–H groups in total. The minimum atomic E-state index is -0.0403. The molecule has 162 valence electrons. The van der Waals surface area contributed by atoms with E-state index in [0.717, 1.165) is 12.8 Å². The van der Waals surface area contributed by atoms with Gasteiger partial charge in [0, 0.05) is 26.6 Å². The van der Waals surface area contributed by atoms with E-state index in [1.807, 2.05) is 37.1 Å². The highest BCUT2D eigenvalue weighted by atomic mass is 35.5. The molecule has 1 atom stereocenters. The van der Waals surface area contributed by atoms with Crippen molar-refractivity contribution in [3.05, 3.63) is 47.2 Å². The molecule has 1 heterocycles. The van der Waals surface area contributed by atoms with Gasteiger partial charge in [0.1, 0.15) is 11.3 Å². The first-order valence-corrected chi connectivity index (χ1v) is 10.6. The van der Waals surface area contributed by atoms with Gasteiger partial charge in [0.25, 0.3) is 0 Å². The van der Waals surface area contributed by atoms with Crippen LogP contribution in [0.3, 0.4) is 0 Å². The summed E-state index contributed by atoms with van der Waals surface area (Å²) >= 11 is 6.52. The second-order valence-corrected chi connectivity index (χ2v) is 8.24. The SMILES string of the molecule is CC(=O)N[C@@H](C)CO[C@H]1C[C@H](COc2ncnc(N(C)Cc3ccccc3)c2Cl)C1. The van der Waals surface area contributed by atoms with Gasteiger partial charge in [0.05, 0.1) is 19.3 Å². The highest BCUT2D eigenvalue weighted by molar-refractivity contribution is 6.34. The lowest BCUT2D eigenvalue weighted by atomic mass is 9.83. The van der Waals surface area contributed by atoms with E-state index < -0.39 is 0 Å². The molecule has 1 aromatic carbocycles. The number of aromatic nitrogens is 2. The van der Waals surface area contributed by atoms with E-state index in [4.69, 9.17) is 21.1 Å². The summed E-state index contributed by atoms with van der Waals surface area (Å²) in [5.74, 6) is 1.42. The maximum absolute atomic E-state index is 11.0. The third-order valence-corrected chi connectivity index (χ3v) is 5.37. The number of rotatable bonds is 10. The lowest BCUT2D eigenvalue weighted by molar-refractivity contribution is -0.120. The number of ether oxygens (including phenoxy) is 2. The molecule has 3 rings (SSSR count). The fourth-order valence-corrected chi connectivity index (χ4v) is 3.75. The summed E-state index contributed by atoms with van der Waals surface area (Å²) in [6.07, 6.45) is 3.55. The third kappa shape index (κ3) is 6.31. The van der Waals surface area contributed by atoms with Gasteiger partial charge in [0.2, 0.25) is 11.8 Å². The van der Waals surface area contributed by atoms with Gasteiger partial charge < -0.3 is 19.7 Å². The number of nitrogens with one attached hydrogen (secondary N) is 1. The van der Waals surface area contributed by atoms with Crippen LogP contribution in [-0.2, 0) is 16.1 Å². The first kappa shape index (κ1) is 22.3. The van der Waals surface area contributed by atoms with Crippen molar-refractivity contribution in [2.45, 2.75) is 45.4 Å². The lowest BCUT2D eigenvalue weighted by Gasteiger charge is -2.35. The predicted octanol–water partition coefficient (Wildman–Crippen LogP) is 3.47. The Labute approximate surface area is 182 Å². The molecule has 8 heteroatoms. The summed E-state index contributed by atoms with van der Waals surface area (Å²) in [5, 5.41) is 3.24. The van der Waals surface area contributed by atoms with Crippen LogP contribution < -0.4 is 15.0 Å². The quantitative estimate of drug-likeness (QED) is 0.619. The largest absolute Gasteiger partial charge is 0.476 e. The number of halogens is 1. The second-order valence-electron chi connectivity index (χ2n) is 7.86. The lowest BCUT2D eigenvalue weighted by Crippen LogP contribution is -2.40. The summed E-state index contributed by atoms with van der Waals surface area (Å²) < 4.78 is 11.7. The number of amides is 1. The monoisotopic (exact) mass is 432 g/mol. The Balaban J connectivity index is 1.44. The molecule has 30 heavy (non-hydrogen) atoms. The van der Waals surface area contributed by atoms with Crippen LogP contribution in [0.4, 0.5) is 5.82 Å². The van der Waals surface area contributed by atoms with Gasteiger partial charge in [-0.1, -0.05) is 41.9 Å². The zero-order valence-corrected chi connectivity index (χ0v) is 18.4. The van der Waals surface area contributed by atoms with E-state index in [-0.39, 0.29) is 18.1 Å². The number of anilines is 1. The second kappa shape index (κ2) is 10.6. The number of hydrogen-bond donors (Lipinski definition) is 1. The molecule has 0 spiro atoms. The van der Waals surface area contributed by atoms with Gasteiger partial charge >= 0.3 is 0 Å². The van der Waals surface area contributed by atoms with Crippen LogP contribution >= 0.6 is 11.6 Å². The van der Waals surface area contributed by atoms with Crippen molar-refractivity contribution in [1.29, 1.82) is 0 Å². The molecule has 1 saturated carbocycles. The van der Waals surface area contributed by atoms with E-state index in [2.05, 4.69) is 27.4 Å². The van der Waals surface area contributed by atoms with Crippen LogP contribution in [0.25, 0.3) is 0 Å². The molecule has 1 aliphatic carbocycles. The fourth-order valence-electron chi connectivity index (χ4n) is 3.46. The molecule has 1 aliphatic rings. The van der Waals surface area contributed by atoms with E-state index >= 15 is 0 Å². The van der Waals surface area contributed by atoms with Gasteiger partial charge in [-0.05, 0) is 31.2 Å². The minimum Gasteiger partial charge on any atom is -0.476 e. The minimum absolute atomic E-state index is 0.0175. The number of benzene rings is 1. The fraction of sp³-hybridized carbons (Fsp3) is 0.500. The normalized spacial score (nSPS) is 18.9. The predicted molar refractivity (Wildman–Crippen MR) is 117 cm³/mol. The molecule has 0 unspecified atom stereocenters. The molecule has 1 aromatic heterocycles. The number of carbonyl (C=O) groups is 1. The smallest absolute Gasteiger partial charge is 0.237 e. The molecule has 0 radical (unpaired) electrons. The van der Waals surface area contributed by atoms with E-state index in [1.165, 1.54) is 18.8 Å². The van der Waals surface area contributed by atoms with Gasteiger partial charge in [0.15, 0.2) is 5.82 Å². The Kier molecular flexibility index (Phi) is 7.87. The molecule has 2 aromatic rings. The molecule has 0 aliphatic heterocycles. The molecule has 0 bridgehead atoms. The highest BCUT2D eigenvalue weighted by Crippen LogP contribution is 2.34. The van der Waals surface area contributed by atoms with Gasteiger partial charge in [-0.15, -0.1) is 0 Å². The zero-order chi connectivity index (χ0) is 21.5. The van der Waals surface area contributed by atoms with Gasteiger partial charge in [-0.2, -0.15) is 0 Å². The molecule has 0 saturated heterocycles. The first-order valence-electron chi connectivity index (χ1n) is 10.2. The molecule has 7 nitrogen and oxygen atoms in total. The van der Waals surface area contributed by atoms with Crippen molar-refractivity contribution in [3.8, 4) is 5.88 Å². The Morgan fingerprint density at radius 3 is 2.73 bits per heavy atom. The molecule has 1 fully saturated rings. The maximum Gasteiger partial charge on any atom is 0.237 e. The van der Waals surface area contributed by atoms with Crippen molar-refractivity contribution in [1.82, 2.24) is 15.3 Å². The van der Waals surface area contributed by atoms with Gasteiger partial charge in [-0.25, -0.2) is 9.97 Å². The van der Waals surface area contributed by atoms with E-state index in [0.29, 0.717) is 42.4 Å². The van der Waals surface area contributed by atoms with Crippen LogP contribution in [-0.4, -0.2) is 48.3 Å². The number of carbonyl (C=O) groups excluding carboxylic acids is 1. The zero-order valence-electron chi connectivity index (χ0n) is 17.7. The van der Waals surface area contributed by atoms with E-state index in [9.17, 15) is 4.79 Å². The van der Waals surface area contributed by atoms with Crippen molar-refractivity contribution in [3.63, 3.8) is 0 Å². The van der Waals surface area contributed by atoms with Crippen LogP contribution in [0.2, 0.25) is 5.02 Å². The summed E-state index contributed by atoms with van der Waals surface area (Å²) in [6, 6.07) is 10.2. The Hall–Kier alpha value is -2.38. The van der Waals surface area contributed by atoms with Crippen molar-refractivity contribution in [2.75, 3.05) is 25.2 Å². The Morgan fingerprint density at radius 2 is 2.03 bits per heavy atom. The molecular formula is C22H29ClN4O3. The highest BCUT2D eigenvalue weighted by Gasteiger charge is 2.31. The Bertz CT molecular complexity index is 830. The summed E-state index contributed by atoms with van der Waals surface area (Å²) in [6.45, 7) is 5.20. The topological polar surface area (TPSA) is 76.6 Å².